The third kappa shape index (κ3) is 3.81. The molecule has 0 aromatic heterocycles. The summed E-state index contributed by atoms with van der Waals surface area (Å²) in [7, 11) is 0. The van der Waals surface area contributed by atoms with E-state index < -0.39 is 0 Å². The van der Waals surface area contributed by atoms with Gasteiger partial charge in [0.25, 0.3) is 5.91 Å². The number of nitrogens with zero attached hydrogens (tertiary/aromatic N) is 1. The highest BCUT2D eigenvalue weighted by molar-refractivity contribution is 5.94. The van der Waals surface area contributed by atoms with Crippen LogP contribution in [0.5, 0.6) is 0 Å². The van der Waals surface area contributed by atoms with Crippen LogP contribution in [0.1, 0.15) is 35.7 Å². The van der Waals surface area contributed by atoms with Crippen molar-refractivity contribution in [2.45, 2.75) is 32.4 Å². The second kappa shape index (κ2) is 6.52. The lowest BCUT2D eigenvalue weighted by Gasteiger charge is -2.30. The minimum atomic E-state index is -0.0625. The molecule has 0 spiro atoms. The fourth-order valence-corrected chi connectivity index (χ4v) is 2.37. The third-order valence-electron chi connectivity index (χ3n) is 3.49. The number of nitrogens with one attached hydrogen (secondary N) is 1. The SMILES string of the molecule is CC(=O)NCc1ccc(C(=O)N2CCC[C@@H](N)C2)cc1. The van der Waals surface area contributed by atoms with E-state index in [1.165, 1.54) is 6.92 Å². The van der Waals surface area contributed by atoms with Crippen LogP contribution in [0.25, 0.3) is 0 Å². The van der Waals surface area contributed by atoms with Gasteiger partial charge in [-0.25, -0.2) is 0 Å². The average Bonchev–Trinajstić information content (AvgIpc) is 2.45. The monoisotopic (exact) mass is 275 g/mol. The standard InChI is InChI=1S/C15H21N3O2/c1-11(19)17-9-12-4-6-13(7-5-12)15(20)18-8-2-3-14(16)10-18/h4-7,14H,2-3,8-10,16H2,1H3,(H,17,19)/t14-/m1/s1. The Balaban J connectivity index is 1.98. The first-order valence-electron chi connectivity index (χ1n) is 6.94. The molecule has 1 aliphatic rings. The molecule has 20 heavy (non-hydrogen) atoms. The Morgan fingerprint density at radius 3 is 2.65 bits per heavy atom. The maximum atomic E-state index is 12.3. The van der Waals surface area contributed by atoms with E-state index in [9.17, 15) is 9.59 Å². The smallest absolute Gasteiger partial charge is 0.253 e. The van der Waals surface area contributed by atoms with Crippen LogP contribution in [0.15, 0.2) is 24.3 Å². The van der Waals surface area contributed by atoms with Crippen LogP contribution in [0.2, 0.25) is 0 Å². The second-order valence-electron chi connectivity index (χ2n) is 5.26. The van der Waals surface area contributed by atoms with Gasteiger partial charge in [0.15, 0.2) is 0 Å². The fraction of sp³-hybridized carbons (Fsp3) is 0.467. The number of hydrogen-bond donors (Lipinski definition) is 2. The molecule has 5 heteroatoms. The van der Waals surface area contributed by atoms with Gasteiger partial charge in [-0.1, -0.05) is 12.1 Å². The van der Waals surface area contributed by atoms with Crippen LogP contribution in [0.3, 0.4) is 0 Å². The Bertz CT molecular complexity index is 484. The Kier molecular flexibility index (Phi) is 4.74. The van der Waals surface area contributed by atoms with Crippen LogP contribution in [0, 0.1) is 0 Å². The summed E-state index contributed by atoms with van der Waals surface area (Å²) in [5.41, 5.74) is 7.55. The van der Waals surface area contributed by atoms with Crippen LogP contribution in [-0.2, 0) is 11.3 Å². The van der Waals surface area contributed by atoms with Gasteiger partial charge in [-0.05, 0) is 30.5 Å². The van der Waals surface area contributed by atoms with Crippen LogP contribution >= 0.6 is 0 Å². The van der Waals surface area contributed by atoms with Gasteiger partial charge in [-0.3, -0.25) is 9.59 Å². The lowest BCUT2D eigenvalue weighted by Crippen LogP contribution is -2.45. The molecule has 1 heterocycles. The van der Waals surface area contributed by atoms with E-state index in [2.05, 4.69) is 5.32 Å². The molecular weight excluding hydrogens is 254 g/mol. The maximum absolute atomic E-state index is 12.3. The number of likely N-dealkylation sites (tertiary alicyclic amines) is 1. The van der Waals surface area contributed by atoms with Gasteiger partial charge >= 0.3 is 0 Å². The van der Waals surface area contributed by atoms with Crippen molar-refractivity contribution < 1.29 is 9.59 Å². The van der Waals surface area contributed by atoms with Crippen molar-refractivity contribution in [2.75, 3.05) is 13.1 Å². The molecule has 0 aliphatic carbocycles. The van der Waals surface area contributed by atoms with Gasteiger partial charge < -0.3 is 16.0 Å². The van der Waals surface area contributed by atoms with E-state index in [1.54, 1.807) is 12.1 Å². The molecule has 2 amide bonds. The van der Waals surface area contributed by atoms with Crippen molar-refractivity contribution in [3.63, 3.8) is 0 Å². The molecule has 1 aliphatic heterocycles. The summed E-state index contributed by atoms with van der Waals surface area (Å²) in [6, 6.07) is 7.44. The molecule has 2 rings (SSSR count). The van der Waals surface area contributed by atoms with E-state index in [0.717, 1.165) is 24.9 Å². The molecular formula is C15H21N3O2. The topological polar surface area (TPSA) is 75.4 Å². The van der Waals surface area contributed by atoms with E-state index in [4.69, 9.17) is 5.73 Å². The normalized spacial score (nSPS) is 18.7. The molecule has 0 unspecified atom stereocenters. The largest absolute Gasteiger partial charge is 0.352 e. The number of rotatable bonds is 3. The summed E-state index contributed by atoms with van der Waals surface area (Å²) in [4.78, 5) is 25.0. The van der Waals surface area contributed by atoms with Gasteiger partial charge in [0.2, 0.25) is 5.91 Å². The predicted molar refractivity (Wildman–Crippen MR) is 77.1 cm³/mol. The summed E-state index contributed by atoms with van der Waals surface area (Å²) < 4.78 is 0. The van der Waals surface area contributed by atoms with Crippen molar-refractivity contribution in [1.82, 2.24) is 10.2 Å². The minimum Gasteiger partial charge on any atom is -0.352 e. The average molecular weight is 275 g/mol. The Morgan fingerprint density at radius 2 is 2.05 bits per heavy atom. The van der Waals surface area contributed by atoms with Crippen molar-refractivity contribution in [3.8, 4) is 0 Å². The summed E-state index contributed by atoms with van der Waals surface area (Å²) in [6.45, 7) is 3.38. The molecule has 0 radical (unpaired) electrons. The third-order valence-corrected chi connectivity index (χ3v) is 3.49. The molecule has 1 fully saturated rings. The second-order valence-corrected chi connectivity index (χ2v) is 5.26. The van der Waals surface area contributed by atoms with Gasteiger partial charge in [-0.2, -0.15) is 0 Å². The predicted octanol–water partition coefficient (Wildman–Crippen LogP) is 0.886. The quantitative estimate of drug-likeness (QED) is 0.860. The number of benzene rings is 1. The zero-order valence-corrected chi connectivity index (χ0v) is 11.8. The van der Waals surface area contributed by atoms with E-state index >= 15 is 0 Å². The fourth-order valence-electron chi connectivity index (χ4n) is 2.37. The first-order chi connectivity index (χ1) is 9.56. The van der Waals surface area contributed by atoms with Crippen molar-refractivity contribution in [2.24, 2.45) is 5.73 Å². The molecule has 1 aromatic rings. The van der Waals surface area contributed by atoms with E-state index in [-0.39, 0.29) is 17.9 Å². The highest BCUT2D eigenvalue weighted by Gasteiger charge is 2.22. The zero-order chi connectivity index (χ0) is 14.5. The molecule has 1 atom stereocenters. The number of carbonyl (C=O) groups excluding carboxylic acids is 2. The Hall–Kier alpha value is -1.88. The first kappa shape index (κ1) is 14.5. The first-order valence-corrected chi connectivity index (χ1v) is 6.94. The molecule has 5 nitrogen and oxygen atoms in total. The summed E-state index contributed by atoms with van der Waals surface area (Å²) in [5, 5.41) is 2.73. The lowest BCUT2D eigenvalue weighted by molar-refractivity contribution is -0.119. The zero-order valence-electron chi connectivity index (χ0n) is 11.8. The summed E-state index contributed by atoms with van der Waals surface area (Å²) in [5.74, 6) is -0.0290. The van der Waals surface area contributed by atoms with Crippen molar-refractivity contribution in [3.05, 3.63) is 35.4 Å². The highest BCUT2D eigenvalue weighted by atomic mass is 16.2. The number of piperidine rings is 1. The number of nitrogens with two attached hydrogens (primary N) is 1. The number of amides is 2. The maximum Gasteiger partial charge on any atom is 0.253 e. The van der Waals surface area contributed by atoms with Crippen LogP contribution < -0.4 is 11.1 Å². The molecule has 0 bridgehead atoms. The van der Waals surface area contributed by atoms with Gasteiger partial charge in [-0.15, -0.1) is 0 Å². The number of hydrogen-bond acceptors (Lipinski definition) is 3. The molecule has 0 saturated carbocycles. The van der Waals surface area contributed by atoms with Crippen molar-refractivity contribution >= 4 is 11.8 Å². The summed E-state index contributed by atoms with van der Waals surface area (Å²) >= 11 is 0. The molecule has 1 aromatic carbocycles. The number of carbonyl (C=O) groups is 2. The molecule has 1 saturated heterocycles. The Morgan fingerprint density at radius 1 is 1.35 bits per heavy atom. The lowest BCUT2D eigenvalue weighted by atomic mass is 10.0. The van der Waals surface area contributed by atoms with Gasteiger partial charge in [0.05, 0.1) is 0 Å². The summed E-state index contributed by atoms with van der Waals surface area (Å²) in [6.07, 6.45) is 1.95. The van der Waals surface area contributed by atoms with Crippen molar-refractivity contribution in [1.29, 1.82) is 0 Å². The van der Waals surface area contributed by atoms with Gasteiger partial charge in [0, 0.05) is 38.2 Å². The highest BCUT2D eigenvalue weighted by Crippen LogP contribution is 2.13. The molecule has 108 valence electrons. The van der Waals surface area contributed by atoms with E-state index in [1.807, 2.05) is 17.0 Å². The Labute approximate surface area is 119 Å². The van der Waals surface area contributed by atoms with Crippen LogP contribution in [0.4, 0.5) is 0 Å². The van der Waals surface area contributed by atoms with Gasteiger partial charge in [0.1, 0.15) is 0 Å². The van der Waals surface area contributed by atoms with Crippen LogP contribution in [-0.4, -0.2) is 35.8 Å². The molecule has 3 N–H and O–H groups in total. The van der Waals surface area contributed by atoms with E-state index in [0.29, 0.717) is 18.7 Å². The minimum absolute atomic E-state index is 0.0335.